The van der Waals surface area contributed by atoms with Gasteiger partial charge in [0.05, 0.1) is 39.6 Å². The molecule has 0 spiro atoms. The number of rotatable bonds is 31. The van der Waals surface area contributed by atoms with Crippen LogP contribution in [0.3, 0.4) is 0 Å². The van der Waals surface area contributed by atoms with Crippen molar-refractivity contribution in [2.24, 2.45) is 0 Å². The van der Waals surface area contributed by atoms with Gasteiger partial charge in [0.2, 0.25) is 23.6 Å². The monoisotopic (exact) mass is 906 g/mol. The molecule has 0 saturated heterocycles. The lowest BCUT2D eigenvalue weighted by molar-refractivity contribution is -0.147. The molecule has 62 heavy (non-hydrogen) atoms. The molecule has 0 radical (unpaired) electrons. The number of hydrogen-bond donors (Lipinski definition) is 6. The molecule has 0 aliphatic heterocycles. The zero-order valence-corrected chi connectivity index (χ0v) is 37.0. The van der Waals surface area contributed by atoms with E-state index < -0.39 is 83.9 Å². The third kappa shape index (κ3) is 21.6. The summed E-state index contributed by atoms with van der Waals surface area (Å²) in [7, 11) is 4.57. The standard InChI is InChI=1S/C42H58N4O14S2/c1-27(59-23-29-15-7-5-8-16-29)37(41(53)54)45-39(51)31(43-33(47)19-11-13-21-35(49)57-3)25-61-62-26-32(44-34(48)20-12-14-22-36(50)58-4)40(52)46-38(42(55)56)28(2)60-24-30-17-9-6-10-18-30/h5-10,15-18,27-28,31-32,37-38H,11-14,19-26H2,1-4H3,(H,43,47)(H,44,48)(H,45,51)(H,46,52)(H,53,54)(H,55,56)/t27?,28?,31-,32-,37+,38+/m0/s1. The molecule has 6 N–H and O–H groups in total. The number of carbonyl (C=O) groups excluding carboxylic acids is 6. The second-order valence-electron chi connectivity index (χ2n) is 14.0. The van der Waals surface area contributed by atoms with Gasteiger partial charge in [-0.1, -0.05) is 82.3 Å². The van der Waals surface area contributed by atoms with Gasteiger partial charge in [-0.2, -0.15) is 0 Å². The van der Waals surface area contributed by atoms with E-state index in [-0.39, 0.29) is 50.4 Å². The van der Waals surface area contributed by atoms with Crippen LogP contribution >= 0.6 is 21.6 Å². The molecule has 2 rings (SSSR count). The molecule has 0 aliphatic rings. The predicted molar refractivity (Wildman–Crippen MR) is 230 cm³/mol. The maximum Gasteiger partial charge on any atom is 0.328 e. The van der Waals surface area contributed by atoms with Gasteiger partial charge in [0, 0.05) is 37.2 Å². The van der Waals surface area contributed by atoms with Crippen LogP contribution in [0, 0.1) is 0 Å². The van der Waals surface area contributed by atoms with Crippen molar-refractivity contribution in [3.8, 4) is 0 Å². The van der Waals surface area contributed by atoms with Crippen molar-refractivity contribution in [2.75, 3.05) is 25.7 Å². The number of unbranched alkanes of at least 4 members (excludes halogenated alkanes) is 2. The number of benzene rings is 2. The number of methoxy groups -OCH3 is 2. The van der Waals surface area contributed by atoms with E-state index in [9.17, 15) is 48.6 Å². The molecule has 18 nitrogen and oxygen atoms in total. The number of amides is 4. The number of nitrogens with one attached hydrogen (secondary N) is 4. The predicted octanol–water partition coefficient (Wildman–Crippen LogP) is 3.15. The fourth-order valence-electron chi connectivity index (χ4n) is 5.51. The summed E-state index contributed by atoms with van der Waals surface area (Å²) in [6.45, 7) is 3.13. The maximum atomic E-state index is 13.6. The second kappa shape index (κ2) is 30.0. The van der Waals surface area contributed by atoms with Crippen molar-refractivity contribution < 1.29 is 67.5 Å². The lowest BCUT2D eigenvalue weighted by Crippen LogP contribution is -2.56. The van der Waals surface area contributed by atoms with Crippen LogP contribution in [0.15, 0.2) is 60.7 Å². The SMILES string of the molecule is COC(=O)CCCCC(=O)N[C@@H](CSSC[C@H](NC(=O)CCCCC(=O)OC)C(=O)N[C@@H](C(=O)O)C(C)OCc1ccccc1)C(=O)N[C@@H](C(=O)O)C(C)OCc1ccccc1. The van der Waals surface area contributed by atoms with Crippen LogP contribution in [-0.4, -0.2) is 120 Å². The molecule has 0 aliphatic carbocycles. The van der Waals surface area contributed by atoms with Gasteiger partial charge >= 0.3 is 23.9 Å². The van der Waals surface area contributed by atoms with E-state index in [1.165, 1.54) is 28.1 Å². The van der Waals surface area contributed by atoms with Crippen LogP contribution in [-0.2, 0) is 70.5 Å². The minimum atomic E-state index is -1.50. The van der Waals surface area contributed by atoms with E-state index in [0.29, 0.717) is 25.7 Å². The van der Waals surface area contributed by atoms with Gasteiger partial charge in [-0.15, -0.1) is 0 Å². The van der Waals surface area contributed by atoms with Crippen molar-refractivity contribution in [1.82, 2.24) is 21.3 Å². The molecule has 0 saturated carbocycles. The van der Waals surface area contributed by atoms with Crippen LogP contribution in [0.2, 0.25) is 0 Å². The highest BCUT2D eigenvalue weighted by Crippen LogP contribution is 2.24. The zero-order chi connectivity index (χ0) is 45.9. The number of carboxylic acid groups (broad SMARTS) is 2. The van der Waals surface area contributed by atoms with Gasteiger partial charge < -0.3 is 50.4 Å². The molecular weight excluding hydrogens is 849 g/mol. The molecule has 20 heteroatoms. The van der Waals surface area contributed by atoms with E-state index in [1.807, 2.05) is 12.1 Å². The lowest BCUT2D eigenvalue weighted by Gasteiger charge is -2.26. The summed E-state index contributed by atoms with van der Waals surface area (Å²) in [6, 6.07) is 12.5. The quantitative estimate of drug-likeness (QED) is 0.0361. The molecule has 2 unspecified atom stereocenters. The third-order valence-electron chi connectivity index (χ3n) is 9.16. The first kappa shape index (κ1) is 53.0. The Bertz CT molecular complexity index is 1610. The molecular formula is C42H58N4O14S2. The summed E-state index contributed by atoms with van der Waals surface area (Å²) in [6.07, 6.45) is -0.611. The average Bonchev–Trinajstić information content (AvgIpc) is 3.26. The molecule has 0 fully saturated rings. The van der Waals surface area contributed by atoms with Crippen molar-refractivity contribution in [1.29, 1.82) is 0 Å². The van der Waals surface area contributed by atoms with Crippen LogP contribution < -0.4 is 21.3 Å². The van der Waals surface area contributed by atoms with Gasteiger partial charge in [0.25, 0.3) is 0 Å². The largest absolute Gasteiger partial charge is 0.480 e. The van der Waals surface area contributed by atoms with Crippen LogP contribution in [0.25, 0.3) is 0 Å². The van der Waals surface area contributed by atoms with Gasteiger partial charge in [0.15, 0.2) is 12.1 Å². The molecule has 0 heterocycles. The number of carboxylic acids is 2. The summed E-state index contributed by atoms with van der Waals surface area (Å²) in [5, 5.41) is 30.2. The van der Waals surface area contributed by atoms with Crippen molar-refractivity contribution >= 4 is 69.1 Å². The second-order valence-corrected chi connectivity index (χ2v) is 16.6. The lowest BCUT2D eigenvalue weighted by atomic mass is 10.1. The third-order valence-corrected chi connectivity index (χ3v) is 11.6. The first-order valence-electron chi connectivity index (χ1n) is 20.0. The van der Waals surface area contributed by atoms with E-state index in [0.717, 1.165) is 32.7 Å². The fraction of sp³-hybridized carbons (Fsp3) is 0.524. The smallest absolute Gasteiger partial charge is 0.328 e. The summed E-state index contributed by atoms with van der Waals surface area (Å²) >= 11 is 0. The number of esters is 2. The molecule has 6 atom stereocenters. The fourth-order valence-corrected chi connectivity index (χ4v) is 7.84. The van der Waals surface area contributed by atoms with Crippen LogP contribution in [0.4, 0.5) is 0 Å². The molecule has 2 aromatic carbocycles. The Hall–Kier alpha value is -5.18. The number of carbonyl (C=O) groups is 8. The number of ether oxygens (including phenoxy) is 4. The maximum absolute atomic E-state index is 13.6. The zero-order valence-electron chi connectivity index (χ0n) is 35.3. The van der Waals surface area contributed by atoms with Gasteiger partial charge in [-0.25, -0.2) is 9.59 Å². The van der Waals surface area contributed by atoms with Crippen molar-refractivity contribution in [3.63, 3.8) is 0 Å². The molecule has 0 aromatic heterocycles. The Morgan fingerprint density at radius 3 is 1.19 bits per heavy atom. The Labute approximate surface area is 369 Å². The normalized spacial score (nSPS) is 13.8. The topological polar surface area (TPSA) is 262 Å². The highest BCUT2D eigenvalue weighted by molar-refractivity contribution is 8.76. The first-order valence-corrected chi connectivity index (χ1v) is 22.5. The number of aliphatic carboxylic acids is 2. The highest BCUT2D eigenvalue weighted by atomic mass is 33.1. The molecule has 4 amide bonds. The van der Waals surface area contributed by atoms with E-state index in [1.54, 1.807) is 48.5 Å². The summed E-state index contributed by atoms with van der Waals surface area (Å²) < 4.78 is 20.8. The van der Waals surface area contributed by atoms with Crippen molar-refractivity contribution in [2.45, 2.75) is 115 Å². The summed E-state index contributed by atoms with van der Waals surface area (Å²) in [4.78, 5) is 101. The summed E-state index contributed by atoms with van der Waals surface area (Å²) in [5.41, 5.74) is 1.57. The molecule has 0 bridgehead atoms. The Morgan fingerprint density at radius 2 is 0.871 bits per heavy atom. The van der Waals surface area contributed by atoms with Gasteiger partial charge in [-0.05, 0) is 50.7 Å². The first-order chi connectivity index (χ1) is 29.6. The van der Waals surface area contributed by atoms with E-state index in [2.05, 4.69) is 30.7 Å². The Balaban J connectivity index is 2.19. The number of hydrogen-bond acceptors (Lipinski definition) is 14. The van der Waals surface area contributed by atoms with Gasteiger partial charge in [0.1, 0.15) is 12.1 Å². The van der Waals surface area contributed by atoms with E-state index in [4.69, 9.17) is 9.47 Å². The Kier molecular flexibility index (Phi) is 25.6. The highest BCUT2D eigenvalue weighted by Gasteiger charge is 2.33. The van der Waals surface area contributed by atoms with Crippen LogP contribution in [0.1, 0.15) is 76.3 Å². The Morgan fingerprint density at radius 1 is 0.532 bits per heavy atom. The molecule has 2 aromatic rings. The van der Waals surface area contributed by atoms with Crippen LogP contribution in [0.5, 0.6) is 0 Å². The summed E-state index contributed by atoms with van der Waals surface area (Å²) in [5.74, 6) is -6.62. The van der Waals surface area contributed by atoms with E-state index >= 15 is 0 Å². The van der Waals surface area contributed by atoms with Crippen molar-refractivity contribution in [3.05, 3.63) is 71.8 Å². The average molecular weight is 907 g/mol. The van der Waals surface area contributed by atoms with Gasteiger partial charge in [-0.3, -0.25) is 28.8 Å². The minimum Gasteiger partial charge on any atom is -0.480 e. The molecule has 342 valence electrons. The minimum absolute atomic E-state index is 0.0519.